The highest BCUT2D eigenvalue weighted by molar-refractivity contribution is 8.00. The second-order valence-electron chi connectivity index (χ2n) is 3.84. The summed E-state index contributed by atoms with van der Waals surface area (Å²) < 4.78 is 0. The summed E-state index contributed by atoms with van der Waals surface area (Å²) in [7, 11) is 0. The van der Waals surface area contributed by atoms with Crippen LogP contribution in [0.1, 0.15) is 24.9 Å². The quantitative estimate of drug-likeness (QED) is 0.765. The summed E-state index contributed by atoms with van der Waals surface area (Å²) in [6, 6.07) is 9.01. The fraction of sp³-hybridized carbons (Fsp3) is 0.385. The molecule has 0 saturated heterocycles. The van der Waals surface area contributed by atoms with Gasteiger partial charge in [0.05, 0.1) is 6.54 Å². The van der Waals surface area contributed by atoms with Crippen LogP contribution in [-0.2, 0) is 0 Å². The second kappa shape index (κ2) is 4.74. The molecule has 0 radical (unpaired) electrons. The lowest BCUT2D eigenvalue weighted by Gasteiger charge is -2.29. The van der Waals surface area contributed by atoms with Gasteiger partial charge in [0.15, 0.2) is 0 Å². The van der Waals surface area contributed by atoms with Gasteiger partial charge in [0, 0.05) is 16.2 Å². The van der Waals surface area contributed by atoms with Crippen molar-refractivity contribution in [1.82, 2.24) is 5.32 Å². The SMILES string of the molecule is C#CCNC1CC(C)Sc2ccccc21. The zero-order valence-electron chi connectivity index (χ0n) is 8.86. The second-order valence-corrected chi connectivity index (χ2v) is 5.32. The third-order valence-corrected chi connectivity index (χ3v) is 3.86. The number of nitrogens with one attached hydrogen (secondary N) is 1. The zero-order chi connectivity index (χ0) is 10.7. The lowest BCUT2D eigenvalue weighted by molar-refractivity contribution is 0.514. The third-order valence-electron chi connectivity index (χ3n) is 2.64. The lowest BCUT2D eigenvalue weighted by atomic mass is 10.0. The van der Waals surface area contributed by atoms with Crippen molar-refractivity contribution >= 4 is 11.8 Å². The van der Waals surface area contributed by atoms with E-state index in [1.807, 2.05) is 11.8 Å². The predicted molar refractivity (Wildman–Crippen MR) is 66.0 cm³/mol. The first-order valence-electron chi connectivity index (χ1n) is 5.23. The van der Waals surface area contributed by atoms with Crippen LogP contribution < -0.4 is 5.32 Å². The number of fused-ring (bicyclic) bond motifs is 1. The van der Waals surface area contributed by atoms with E-state index in [1.165, 1.54) is 10.5 Å². The molecule has 0 aromatic heterocycles. The van der Waals surface area contributed by atoms with Crippen LogP contribution in [0.25, 0.3) is 0 Å². The molecule has 78 valence electrons. The van der Waals surface area contributed by atoms with E-state index in [4.69, 9.17) is 6.42 Å². The Bertz CT molecular complexity index is 380. The predicted octanol–water partition coefficient (Wildman–Crippen LogP) is 2.83. The van der Waals surface area contributed by atoms with Crippen LogP contribution in [0.2, 0.25) is 0 Å². The molecule has 1 aliphatic rings. The van der Waals surface area contributed by atoms with E-state index in [0.717, 1.165) is 6.42 Å². The Balaban J connectivity index is 2.23. The first-order chi connectivity index (χ1) is 7.31. The molecule has 15 heavy (non-hydrogen) atoms. The summed E-state index contributed by atoms with van der Waals surface area (Å²) >= 11 is 1.96. The Morgan fingerprint density at radius 3 is 3.13 bits per heavy atom. The highest BCUT2D eigenvalue weighted by Gasteiger charge is 2.23. The molecule has 1 aromatic rings. The first kappa shape index (κ1) is 10.6. The minimum atomic E-state index is 0.425. The summed E-state index contributed by atoms with van der Waals surface area (Å²) in [5.41, 5.74) is 1.40. The van der Waals surface area contributed by atoms with E-state index in [-0.39, 0.29) is 0 Å². The van der Waals surface area contributed by atoms with Gasteiger partial charge in [-0.25, -0.2) is 0 Å². The van der Waals surface area contributed by atoms with Gasteiger partial charge in [-0.3, -0.25) is 5.32 Å². The van der Waals surface area contributed by atoms with Crippen LogP contribution in [0.4, 0.5) is 0 Å². The molecule has 1 aliphatic heterocycles. The lowest BCUT2D eigenvalue weighted by Crippen LogP contribution is -2.27. The van der Waals surface area contributed by atoms with Gasteiger partial charge in [-0.05, 0) is 18.1 Å². The Morgan fingerprint density at radius 1 is 1.53 bits per heavy atom. The number of terminal acetylenes is 1. The molecule has 0 fully saturated rings. The summed E-state index contributed by atoms with van der Waals surface area (Å²) in [6.07, 6.45) is 6.44. The van der Waals surface area contributed by atoms with Crippen LogP contribution in [0.5, 0.6) is 0 Å². The van der Waals surface area contributed by atoms with E-state index >= 15 is 0 Å². The van der Waals surface area contributed by atoms with Gasteiger partial charge < -0.3 is 0 Å². The molecule has 1 aromatic carbocycles. The van der Waals surface area contributed by atoms with Crippen molar-refractivity contribution in [2.24, 2.45) is 0 Å². The summed E-state index contributed by atoms with van der Waals surface area (Å²) in [5, 5.41) is 4.07. The molecule has 1 nitrogen and oxygen atoms in total. The van der Waals surface area contributed by atoms with Crippen LogP contribution in [0, 0.1) is 12.3 Å². The average Bonchev–Trinajstić information content (AvgIpc) is 2.25. The van der Waals surface area contributed by atoms with E-state index < -0.39 is 0 Å². The largest absolute Gasteiger partial charge is 0.299 e. The third kappa shape index (κ3) is 2.37. The highest BCUT2D eigenvalue weighted by atomic mass is 32.2. The highest BCUT2D eigenvalue weighted by Crippen LogP contribution is 2.40. The minimum Gasteiger partial charge on any atom is -0.299 e. The minimum absolute atomic E-state index is 0.425. The van der Waals surface area contributed by atoms with Crippen molar-refractivity contribution in [3.8, 4) is 12.3 Å². The topological polar surface area (TPSA) is 12.0 Å². The van der Waals surface area contributed by atoms with Crippen molar-refractivity contribution in [2.75, 3.05) is 6.54 Å². The summed E-state index contributed by atoms with van der Waals surface area (Å²) in [6.45, 7) is 2.92. The maximum Gasteiger partial charge on any atom is 0.0578 e. The van der Waals surface area contributed by atoms with Crippen molar-refractivity contribution in [2.45, 2.75) is 29.5 Å². The van der Waals surface area contributed by atoms with E-state index in [1.54, 1.807) is 0 Å². The number of hydrogen-bond donors (Lipinski definition) is 1. The molecule has 0 aliphatic carbocycles. The number of hydrogen-bond acceptors (Lipinski definition) is 2. The molecule has 2 heteroatoms. The van der Waals surface area contributed by atoms with Crippen LogP contribution in [0.3, 0.4) is 0 Å². The Hall–Kier alpha value is -0.910. The van der Waals surface area contributed by atoms with Crippen molar-refractivity contribution < 1.29 is 0 Å². The molecule has 1 heterocycles. The molecular weight excluding hydrogens is 202 g/mol. The molecule has 2 unspecified atom stereocenters. The van der Waals surface area contributed by atoms with Crippen LogP contribution in [0.15, 0.2) is 29.2 Å². The van der Waals surface area contributed by atoms with Crippen LogP contribution in [-0.4, -0.2) is 11.8 Å². The maximum absolute atomic E-state index is 5.28. The summed E-state index contributed by atoms with van der Waals surface area (Å²) in [4.78, 5) is 1.39. The van der Waals surface area contributed by atoms with Gasteiger partial charge in [-0.2, -0.15) is 0 Å². The molecule has 0 amide bonds. The standard InChI is InChI=1S/C13H15NS/c1-3-8-14-12-9-10(2)15-13-7-5-4-6-11(12)13/h1,4-7,10,12,14H,8-9H2,2H3. The van der Waals surface area contributed by atoms with Gasteiger partial charge in [-0.1, -0.05) is 31.0 Å². The van der Waals surface area contributed by atoms with Crippen molar-refractivity contribution in [3.63, 3.8) is 0 Å². The number of benzene rings is 1. The molecule has 0 spiro atoms. The Kier molecular flexibility index (Phi) is 3.35. The Labute approximate surface area is 95.7 Å². The zero-order valence-corrected chi connectivity index (χ0v) is 9.68. The van der Waals surface area contributed by atoms with Crippen molar-refractivity contribution in [3.05, 3.63) is 29.8 Å². The molecular formula is C13H15NS. The van der Waals surface area contributed by atoms with E-state index in [0.29, 0.717) is 17.8 Å². The number of rotatable bonds is 2. The van der Waals surface area contributed by atoms with E-state index in [2.05, 4.69) is 42.4 Å². The van der Waals surface area contributed by atoms with Gasteiger partial charge >= 0.3 is 0 Å². The molecule has 0 bridgehead atoms. The first-order valence-corrected chi connectivity index (χ1v) is 6.11. The van der Waals surface area contributed by atoms with Gasteiger partial charge in [0.2, 0.25) is 0 Å². The molecule has 2 atom stereocenters. The smallest absolute Gasteiger partial charge is 0.0578 e. The molecule has 1 N–H and O–H groups in total. The van der Waals surface area contributed by atoms with Gasteiger partial charge in [0.25, 0.3) is 0 Å². The van der Waals surface area contributed by atoms with Crippen LogP contribution >= 0.6 is 11.8 Å². The van der Waals surface area contributed by atoms with Crippen molar-refractivity contribution in [1.29, 1.82) is 0 Å². The van der Waals surface area contributed by atoms with E-state index in [9.17, 15) is 0 Å². The molecule has 0 saturated carbocycles. The number of thioether (sulfide) groups is 1. The normalized spacial score (nSPS) is 24.3. The van der Waals surface area contributed by atoms with Gasteiger partial charge in [0.1, 0.15) is 0 Å². The fourth-order valence-electron chi connectivity index (χ4n) is 1.97. The monoisotopic (exact) mass is 217 g/mol. The fourth-order valence-corrected chi connectivity index (χ4v) is 3.20. The van der Waals surface area contributed by atoms with Gasteiger partial charge in [-0.15, -0.1) is 18.2 Å². The Morgan fingerprint density at radius 2 is 2.33 bits per heavy atom. The maximum atomic E-state index is 5.28. The molecule has 2 rings (SSSR count). The average molecular weight is 217 g/mol. The summed E-state index contributed by atoms with van der Waals surface area (Å²) in [5.74, 6) is 2.64.